The Morgan fingerprint density at radius 2 is 2.07 bits per heavy atom. The highest BCUT2D eigenvalue weighted by molar-refractivity contribution is 5.84. The molecule has 1 saturated heterocycles. The molecule has 1 rings (SSSR count). The zero-order valence-corrected chi connectivity index (χ0v) is 8.62. The molecule has 0 aromatic carbocycles. The summed E-state index contributed by atoms with van der Waals surface area (Å²) >= 11 is 0. The summed E-state index contributed by atoms with van der Waals surface area (Å²) in [4.78, 5) is 22.1. The topological polar surface area (TPSA) is 67.4 Å². The van der Waals surface area contributed by atoms with Crippen molar-refractivity contribution in [3.8, 4) is 0 Å². The maximum atomic E-state index is 11.5. The Hall–Kier alpha value is -1.20. The van der Waals surface area contributed by atoms with Crippen molar-refractivity contribution < 1.29 is 14.3 Å². The lowest BCUT2D eigenvalue weighted by Gasteiger charge is -2.08. The summed E-state index contributed by atoms with van der Waals surface area (Å²) < 4.78 is 4.75. The van der Waals surface area contributed by atoms with Gasteiger partial charge in [0.05, 0.1) is 6.61 Å². The summed E-state index contributed by atoms with van der Waals surface area (Å²) in [7, 11) is 0. The fourth-order valence-electron chi connectivity index (χ4n) is 1.36. The largest absolute Gasteiger partial charge is 0.463 e. The van der Waals surface area contributed by atoms with Crippen LogP contribution in [0.3, 0.4) is 0 Å². The third-order valence-corrected chi connectivity index (χ3v) is 2.12. The summed E-state index contributed by atoms with van der Waals surface area (Å²) in [5.74, 6) is -0.332. The number of hydrogen-bond donors (Lipinski definition) is 2. The lowest BCUT2D eigenvalue weighted by molar-refractivity contribution is -0.138. The van der Waals surface area contributed by atoms with Gasteiger partial charge < -0.3 is 4.74 Å². The van der Waals surface area contributed by atoms with Crippen LogP contribution in [-0.4, -0.2) is 37.6 Å². The quantitative estimate of drug-likeness (QED) is 0.356. The Kier molecular flexibility index (Phi) is 5.00. The van der Waals surface area contributed by atoms with Gasteiger partial charge in [-0.25, -0.2) is 4.79 Å². The minimum atomic E-state index is -0.445. The maximum absolute atomic E-state index is 11.5. The third-order valence-electron chi connectivity index (χ3n) is 2.12. The monoisotopic (exact) mass is 212 g/mol. The summed E-state index contributed by atoms with van der Waals surface area (Å²) in [6, 6.07) is 0. The molecular formula is C10H16N2O3. The van der Waals surface area contributed by atoms with Crippen LogP contribution in [0.5, 0.6) is 0 Å². The highest BCUT2D eigenvalue weighted by Crippen LogP contribution is 1.98. The van der Waals surface area contributed by atoms with Crippen LogP contribution < -0.4 is 10.6 Å². The molecule has 1 aliphatic rings. The van der Waals surface area contributed by atoms with Gasteiger partial charge in [0.15, 0.2) is 5.78 Å². The summed E-state index contributed by atoms with van der Waals surface area (Å²) in [6.45, 7) is 5.19. The number of esters is 1. The van der Waals surface area contributed by atoms with E-state index in [-0.39, 0.29) is 18.6 Å². The second-order valence-corrected chi connectivity index (χ2v) is 3.28. The van der Waals surface area contributed by atoms with E-state index in [0.717, 1.165) is 19.2 Å². The molecule has 0 radical (unpaired) electrons. The Labute approximate surface area is 88.9 Å². The Morgan fingerprint density at radius 1 is 1.40 bits per heavy atom. The highest BCUT2D eigenvalue weighted by Gasteiger charge is 2.20. The molecule has 84 valence electrons. The molecule has 1 fully saturated rings. The lowest BCUT2D eigenvalue weighted by atomic mass is 10.2. The van der Waals surface area contributed by atoms with E-state index in [4.69, 9.17) is 4.74 Å². The van der Waals surface area contributed by atoms with Crippen LogP contribution in [0.2, 0.25) is 0 Å². The minimum Gasteiger partial charge on any atom is -0.463 e. The van der Waals surface area contributed by atoms with Gasteiger partial charge in [-0.05, 0) is 6.42 Å². The van der Waals surface area contributed by atoms with Gasteiger partial charge in [0.1, 0.15) is 6.17 Å². The van der Waals surface area contributed by atoms with Crippen LogP contribution in [0, 0.1) is 0 Å². The van der Waals surface area contributed by atoms with Crippen molar-refractivity contribution in [2.24, 2.45) is 0 Å². The smallest absolute Gasteiger partial charge is 0.330 e. The molecule has 0 unspecified atom stereocenters. The van der Waals surface area contributed by atoms with Crippen LogP contribution in [-0.2, 0) is 14.3 Å². The first kappa shape index (κ1) is 11.9. The SMILES string of the molecule is C=CC(=O)OCCCC(=O)C1NCCN1. The van der Waals surface area contributed by atoms with E-state index in [0.29, 0.717) is 12.8 Å². The summed E-state index contributed by atoms with van der Waals surface area (Å²) in [5.41, 5.74) is 0. The lowest BCUT2D eigenvalue weighted by Crippen LogP contribution is -2.39. The van der Waals surface area contributed by atoms with Gasteiger partial charge in [0.25, 0.3) is 0 Å². The van der Waals surface area contributed by atoms with Crippen molar-refractivity contribution in [2.45, 2.75) is 19.0 Å². The van der Waals surface area contributed by atoms with Gasteiger partial charge in [-0.1, -0.05) is 6.58 Å². The standard InChI is InChI=1S/C10H16N2O3/c1-2-9(14)15-7-3-4-8(13)10-11-5-6-12-10/h2,10-12H,1,3-7H2. The predicted molar refractivity (Wildman–Crippen MR) is 55.2 cm³/mol. The van der Waals surface area contributed by atoms with E-state index >= 15 is 0 Å². The zero-order chi connectivity index (χ0) is 11.1. The van der Waals surface area contributed by atoms with E-state index in [1.54, 1.807) is 0 Å². The van der Waals surface area contributed by atoms with Crippen LogP contribution in [0.1, 0.15) is 12.8 Å². The second-order valence-electron chi connectivity index (χ2n) is 3.28. The molecule has 0 aromatic rings. The Bertz CT molecular complexity index is 247. The molecule has 5 heteroatoms. The average Bonchev–Trinajstić information content (AvgIpc) is 2.77. The predicted octanol–water partition coefficient (Wildman–Crippen LogP) is -0.416. The van der Waals surface area contributed by atoms with Crippen molar-refractivity contribution in [2.75, 3.05) is 19.7 Å². The first-order valence-electron chi connectivity index (χ1n) is 5.02. The second kappa shape index (κ2) is 6.31. The van der Waals surface area contributed by atoms with Crippen LogP contribution >= 0.6 is 0 Å². The van der Waals surface area contributed by atoms with Crippen molar-refractivity contribution in [1.29, 1.82) is 0 Å². The fourth-order valence-corrected chi connectivity index (χ4v) is 1.36. The van der Waals surface area contributed by atoms with Gasteiger partial charge in [-0.3, -0.25) is 15.4 Å². The summed E-state index contributed by atoms with van der Waals surface area (Å²) in [6.07, 6.45) is 1.86. The van der Waals surface area contributed by atoms with E-state index in [2.05, 4.69) is 17.2 Å². The molecule has 2 N–H and O–H groups in total. The number of rotatable bonds is 6. The molecule has 0 saturated carbocycles. The van der Waals surface area contributed by atoms with E-state index in [1.807, 2.05) is 0 Å². The van der Waals surface area contributed by atoms with Crippen molar-refractivity contribution in [3.63, 3.8) is 0 Å². The molecule has 5 nitrogen and oxygen atoms in total. The van der Waals surface area contributed by atoms with E-state index in [1.165, 1.54) is 0 Å². The third kappa shape index (κ3) is 4.22. The molecule has 15 heavy (non-hydrogen) atoms. The molecule has 0 spiro atoms. The molecule has 0 aromatic heterocycles. The van der Waals surface area contributed by atoms with Gasteiger partial charge in [0, 0.05) is 25.6 Å². The molecule has 0 bridgehead atoms. The van der Waals surface area contributed by atoms with Crippen LogP contribution in [0.4, 0.5) is 0 Å². The zero-order valence-electron chi connectivity index (χ0n) is 8.62. The number of nitrogens with one attached hydrogen (secondary N) is 2. The Morgan fingerprint density at radius 3 is 2.67 bits per heavy atom. The molecule has 0 atom stereocenters. The first-order valence-corrected chi connectivity index (χ1v) is 5.02. The van der Waals surface area contributed by atoms with Crippen molar-refractivity contribution >= 4 is 11.8 Å². The number of carbonyl (C=O) groups is 2. The Balaban J connectivity index is 2.06. The molecular weight excluding hydrogens is 196 g/mol. The van der Waals surface area contributed by atoms with Crippen LogP contribution in [0.25, 0.3) is 0 Å². The minimum absolute atomic E-state index is 0.113. The molecule has 0 aliphatic carbocycles. The fraction of sp³-hybridized carbons (Fsp3) is 0.600. The number of ketones is 1. The normalized spacial score (nSPS) is 16.3. The number of carbonyl (C=O) groups excluding carboxylic acids is 2. The molecule has 1 aliphatic heterocycles. The van der Waals surface area contributed by atoms with Gasteiger partial charge in [0.2, 0.25) is 0 Å². The number of Topliss-reactive ketones (excluding diaryl/α,β-unsaturated/α-hetero) is 1. The van der Waals surface area contributed by atoms with Crippen molar-refractivity contribution in [1.82, 2.24) is 10.6 Å². The first-order chi connectivity index (χ1) is 7.24. The number of hydrogen-bond acceptors (Lipinski definition) is 5. The van der Waals surface area contributed by atoms with Gasteiger partial charge >= 0.3 is 5.97 Å². The average molecular weight is 212 g/mol. The van der Waals surface area contributed by atoms with Crippen molar-refractivity contribution in [3.05, 3.63) is 12.7 Å². The van der Waals surface area contributed by atoms with E-state index < -0.39 is 5.97 Å². The van der Waals surface area contributed by atoms with E-state index in [9.17, 15) is 9.59 Å². The molecule has 0 amide bonds. The van der Waals surface area contributed by atoms with Gasteiger partial charge in [-0.15, -0.1) is 0 Å². The van der Waals surface area contributed by atoms with Crippen LogP contribution in [0.15, 0.2) is 12.7 Å². The number of ether oxygens (including phenoxy) is 1. The van der Waals surface area contributed by atoms with Gasteiger partial charge in [-0.2, -0.15) is 0 Å². The summed E-state index contributed by atoms with van der Waals surface area (Å²) in [5, 5.41) is 6.07. The maximum Gasteiger partial charge on any atom is 0.330 e. The molecule has 1 heterocycles. The highest BCUT2D eigenvalue weighted by atomic mass is 16.5.